The topological polar surface area (TPSA) is 32.3 Å². The Bertz CT molecular complexity index is 149. The Morgan fingerprint density at radius 3 is 3.08 bits per heavy atom. The smallest absolute Gasteiger partial charge is 0.124 e. The minimum Gasteiger partial charge on any atom is -0.311 e. The van der Waals surface area contributed by atoms with E-state index in [4.69, 9.17) is 0 Å². The molecule has 0 radical (unpaired) electrons. The molecule has 0 spiro atoms. The van der Waals surface area contributed by atoms with Crippen LogP contribution < -0.4 is 5.32 Å². The molecule has 0 amide bonds. The molecule has 0 saturated carbocycles. The van der Waals surface area contributed by atoms with Gasteiger partial charge in [-0.3, -0.25) is 0 Å². The van der Waals surface area contributed by atoms with E-state index >= 15 is 0 Å². The van der Waals surface area contributed by atoms with E-state index in [2.05, 4.69) is 17.1 Å². The molecule has 1 fully saturated rings. The number of hydrogen-bond donors (Lipinski definition) is 1. The maximum atomic E-state index is 10.5. The Labute approximate surface area is 74.1 Å². The minimum absolute atomic E-state index is 0.138. The summed E-state index contributed by atoms with van der Waals surface area (Å²) >= 11 is 0. The van der Waals surface area contributed by atoms with Gasteiger partial charge in [-0.15, -0.1) is 0 Å². The number of nitrogens with one attached hydrogen (secondary N) is 1. The van der Waals surface area contributed by atoms with Crippen molar-refractivity contribution in [1.82, 2.24) is 10.2 Å². The highest BCUT2D eigenvalue weighted by atomic mass is 16.1. The number of likely N-dealkylation sites (N-methyl/N-ethyl adjacent to an activating group) is 1. The van der Waals surface area contributed by atoms with Crippen molar-refractivity contribution < 1.29 is 4.79 Å². The van der Waals surface area contributed by atoms with E-state index in [-0.39, 0.29) is 5.92 Å². The summed E-state index contributed by atoms with van der Waals surface area (Å²) in [5.41, 5.74) is 0. The fourth-order valence-corrected chi connectivity index (χ4v) is 1.58. The van der Waals surface area contributed by atoms with Crippen molar-refractivity contribution in [3.05, 3.63) is 0 Å². The second-order valence-electron chi connectivity index (χ2n) is 3.45. The van der Waals surface area contributed by atoms with Gasteiger partial charge in [0, 0.05) is 31.6 Å². The van der Waals surface area contributed by atoms with E-state index in [1.807, 2.05) is 6.92 Å². The van der Waals surface area contributed by atoms with Crippen molar-refractivity contribution in [3.63, 3.8) is 0 Å². The molecule has 1 heterocycles. The quantitative estimate of drug-likeness (QED) is 0.610. The van der Waals surface area contributed by atoms with Crippen LogP contribution in [0.15, 0.2) is 0 Å². The Morgan fingerprint density at radius 2 is 2.50 bits per heavy atom. The van der Waals surface area contributed by atoms with Gasteiger partial charge < -0.3 is 15.0 Å². The van der Waals surface area contributed by atoms with Crippen LogP contribution in [-0.4, -0.2) is 43.4 Å². The fraction of sp³-hybridized carbons (Fsp3) is 0.889. The molecular weight excluding hydrogens is 152 g/mol. The first kappa shape index (κ1) is 9.68. The molecule has 2 unspecified atom stereocenters. The minimum atomic E-state index is 0.138. The molecule has 1 aliphatic rings. The molecule has 0 aromatic rings. The Morgan fingerprint density at radius 1 is 1.75 bits per heavy atom. The number of carbonyl (C=O) groups is 1. The highest BCUT2D eigenvalue weighted by molar-refractivity contribution is 5.54. The van der Waals surface area contributed by atoms with Gasteiger partial charge in [-0.25, -0.2) is 0 Å². The molecule has 70 valence electrons. The van der Waals surface area contributed by atoms with Crippen LogP contribution in [0, 0.1) is 5.92 Å². The molecule has 0 aliphatic carbocycles. The van der Waals surface area contributed by atoms with Gasteiger partial charge >= 0.3 is 0 Å². The van der Waals surface area contributed by atoms with Gasteiger partial charge in [0.2, 0.25) is 0 Å². The zero-order valence-corrected chi connectivity index (χ0v) is 7.92. The SMILES string of the molecule is CCN1CCNC(C(C)C=O)C1. The van der Waals surface area contributed by atoms with E-state index in [0.717, 1.165) is 32.5 Å². The Balaban J connectivity index is 2.39. The Kier molecular flexibility index (Phi) is 3.69. The molecule has 0 aromatic heterocycles. The van der Waals surface area contributed by atoms with Crippen LogP contribution in [0.2, 0.25) is 0 Å². The summed E-state index contributed by atoms with van der Waals surface area (Å²) in [4.78, 5) is 12.9. The van der Waals surface area contributed by atoms with E-state index < -0.39 is 0 Å². The third-order valence-electron chi connectivity index (χ3n) is 2.59. The first-order valence-corrected chi connectivity index (χ1v) is 4.69. The van der Waals surface area contributed by atoms with Gasteiger partial charge in [-0.2, -0.15) is 0 Å². The van der Waals surface area contributed by atoms with Crippen molar-refractivity contribution in [2.75, 3.05) is 26.2 Å². The molecule has 3 nitrogen and oxygen atoms in total. The highest BCUT2D eigenvalue weighted by Crippen LogP contribution is 2.06. The summed E-state index contributed by atoms with van der Waals surface area (Å²) in [6, 6.07) is 0.358. The lowest BCUT2D eigenvalue weighted by atomic mass is 10.0. The van der Waals surface area contributed by atoms with E-state index in [1.54, 1.807) is 0 Å². The van der Waals surface area contributed by atoms with Crippen LogP contribution in [-0.2, 0) is 4.79 Å². The first-order valence-electron chi connectivity index (χ1n) is 4.69. The second-order valence-corrected chi connectivity index (χ2v) is 3.45. The Hall–Kier alpha value is -0.410. The molecule has 2 atom stereocenters. The zero-order valence-electron chi connectivity index (χ0n) is 7.92. The monoisotopic (exact) mass is 170 g/mol. The summed E-state index contributed by atoms with van der Waals surface area (Å²) < 4.78 is 0. The molecule has 1 saturated heterocycles. The summed E-state index contributed by atoms with van der Waals surface area (Å²) in [5, 5.41) is 3.36. The van der Waals surface area contributed by atoms with Crippen LogP contribution >= 0.6 is 0 Å². The molecule has 0 bridgehead atoms. The average Bonchev–Trinajstić information content (AvgIpc) is 2.17. The molecule has 1 rings (SSSR count). The van der Waals surface area contributed by atoms with Gasteiger partial charge in [-0.1, -0.05) is 13.8 Å². The number of rotatable bonds is 3. The van der Waals surface area contributed by atoms with Crippen LogP contribution in [0.4, 0.5) is 0 Å². The molecular formula is C9H18N2O. The molecule has 1 aliphatic heterocycles. The summed E-state index contributed by atoms with van der Waals surface area (Å²) in [6.45, 7) is 8.35. The number of piperazine rings is 1. The summed E-state index contributed by atoms with van der Waals surface area (Å²) in [5.74, 6) is 0.138. The van der Waals surface area contributed by atoms with Crippen LogP contribution in [0.1, 0.15) is 13.8 Å². The van der Waals surface area contributed by atoms with E-state index in [1.165, 1.54) is 0 Å². The number of hydrogen-bond acceptors (Lipinski definition) is 3. The molecule has 1 N–H and O–H groups in total. The van der Waals surface area contributed by atoms with Crippen molar-refractivity contribution in [2.24, 2.45) is 5.92 Å². The van der Waals surface area contributed by atoms with Crippen molar-refractivity contribution in [3.8, 4) is 0 Å². The third kappa shape index (κ3) is 2.29. The standard InChI is InChI=1S/C9H18N2O/c1-3-11-5-4-10-9(6-11)8(2)7-12/h7-10H,3-6H2,1-2H3. The lowest BCUT2D eigenvalue weighted by Gasteiger charge is -2.34. The van der Waals surface area contributed by atoms with Gasteiger partial charge in [0.25, 0.3) is 0 Å². The number of nitrogens with zero attached hydrogens (tertiary/aromatic N) is 1. The fourth-order valence-electron chi connectivity index (χ4n) is 1.58. The summed E-state index contributed by atoms with van der Waals surface area (Å²) in [6.07, 6.45) is 1.04. The van der Waals surface area contributed by atoms with Crippen molar-refractivity contribution in [1.29, 1.82) is 0 Å². The third-order valence-corrected chi connectivity index (χ3v) is 2.59. The highest BCUT2D eigenvalue weighted by Gasteiger charge is 2.22. The first-order chi connectivity index (χ1) is 5.77. The summed E-state index contributed by atoms with van der Waals surface area (Å²) in [7, 11) is 0. The van der Waals surface area contributed by atoms with E-state index in [0.29, 0.717) is 6.04 Å². The van der Waals surface area contributed by atoms with Crippen LogP contribution in [0.5, 0.6) is 0 Å². The molecule has 3 heteroatoms. The number of carbonyl (C=O) groups excluding carboxylic acids is 1. The van der Waals surface area contributed by atoms with Crippen molar-refractivity contribution in [2.45, 2.75) is 19.9 Å². The molecule has 0 aromatic carbocycles. The van der Waals surface area contributed by atoms with Crippen molar-refractivity contribution >= 4 is 6.29 Å². The van der Waals surface area contributed by atoms with Crippen LogP contribution in [0.3, 0.4) is 0 Å². The molecule has 12 heavy (non-hydrogen) atoms. The maximum Gasteiger partial charge on any atom is 0.124 e. The normalized spacial score (nSPS) is 28.3. The predicted molar refractivity (Wildman–Crippen MR) is 49.1 cm³/mol. The predicted octanol–water partition coefficient (Wildman–Crippen LogP) is 0.115. The average molecular weight is 170 g/mol. The van der Waals surface area contributed by atoms with Gasteiger partial charge in [0.15, 0.2) is 0 Å². The van der Waals surface area contributed by atoms with Crippen LogP contribution in [0.25, 0.3) is 0 Å². The van der Waals surface area contributed by atoms with Gasteiger partial charge in [-0.05, 0) is 6.54 Å². The zero-order chi connectivity index (χ0) is 8.97. The number of aldehydes is 1. The lowest BCUT2D eigenvalue weighted by molar-refractivity contribution is -0.111. The largest absolute Gasteiger partial charge is 0.311 e. The lowest BCUT2D eigenvalue weighted by Crippen LogP contribution is -2.53. The maximum absolute atomic E-state index is 10.5. The van der Waals surface area contributed by atoms with Gasteiger partial charge in [0.05, 0.1) is 0 Å². The van der Waals surface area contributed by atoms with E-state index in [9.17, 15) is 4.79 Å². The second kappa shape index (κ2) is 4.58. The van der Waals surface area contributed by atoms with Gasteiger partial charge in [0.1, 0.15) is 6.29 Å².